The summed E-state index contributed by atoms with van der Waals surface area (Å²) in [5, 5.41) is 11.0. The topological polar surface area (TPSA) is 59.0 Å². The molecule has 0 aliphatic heterocycles. The second-order valence-corrected chi connectivity index (χ2v) is 8.18. The van der Waals surface area contributed by atoms with Crippen LogP contribution in [-0.2, 0) is 0 Å². The third-order valence-corrected chi connectivity index (χ3v) is 6.08. The van der Waals surface area contributed by atoms with E-state index in [0.29, 0.717) is 11.7 Å². The molecule has 1 aromatic heterocycles. The SMILES string of the molecule is O=C(Nc1cc(C2CC2)nn1-c1ccccc1)NC1c2ccccc2-c2ccccc21. The van der Waals surface area contributed by atoms with Gasteiger partial charge in [-0.25, -0.2) is 9.48 Å². The Bertz CT molecular complexity index is 1230. The molecule has 31 heavy (non-hydrogen) atoms. The summed E-state index contributed by atoms with van der Waals surface area (Å²) >= 11 is 0. The van der Waals surface area contributed by atoms with Gasteiger partial charge in [0.25, 0.3) is 0 Å². The summed E-state index contributed by atoms with van der Waals surface area (Å²) in [6.07, 6.45) is 2.32. The number of rotatable bonds is 4. The van der Waals surface area contributed by atoms with Crippen LogP contribution in [0.15, 0.2) is 84.9 Å². The number of nitrogens with zero attached hydrogens (tertiary/aromatic N) is 2. The molecule has 3 aromatic carbocycles. The van der Waals surface area contributed by atoms with E-state index in [9.17, 15) is 4.79 Å². The monoisotopic (exact) mass is 406 g/mol. The van der Waals surface area contributed by atoms with Crippen LogP contribution in [0, 0.1) is 0 Å². The van der Waals surface area contributed by atoms with Gasteiger partial charge in [-0.05, 0) is 47.2 Å². The molecule has 2 aliphatic rings. The maximum Gasteiger partial charge on any atom is 0.321 e. The molecule has 5 heteroatoms. The Morgan fingerprint density at radius 3 is 2.10 bits per heavy atom. The second-order valence-electron chi connectivity index (χ2n) is 8.18. The smallest absolute Gasteiger partial charge is 0.321 e. The average Bonchev–Trinajstić information content (AvgIpc) is 3.51. The van der Waals surface area contributed by atoms with E-state index in [2.05, 4.69) is 34.9 Å². The van der Waals surface area contributed by atoms with Gasteiger partial charge >= 0.3 is 6.03 Å². The van der Waals surface area contributed by atoms with Crippen molar-refractivity contribution in [3.05, 3.63) is 102 Å². The van der Waals surface area contributed by atoms with E-state index >= 15 is 0 Å². The number of benzene rings is 3. The van der Waals surface area contributed by atoms with E-state index in [1.165, 1.54) is 11.1 Å². The van der Waals surface area contributed by atoms with Gasteiger partial charge in [0.2, 0.25) is 0 Å². The number of nitrogens with one attached hydrogen (secondary N) is 2. The highest BCUT2D eigenvalue weighted by molar-refractivity contribution is 5.91. The van der Waals surface area contributed by atoms with Crippen LogP contribution in [0.25, 0.3) is 16.8 Å². The molecule has 0 bridgehead atoms. The molecule has 4 aromatic rings. The first-order valence-electron chi connectivity index (χ1n) is 10.7. The van der Waals surface area contributed by atoms with Gasteiger partial charge < -0.3 is 5.32 Å². The Morgan fingerprint density at radius 2 is 1.45 bits per heavy atom. The number of aromatic nitrogens is 2. The van der Waals surface area contributed by atoms with Crippen LogP contribution >= 0.6 is 0 Å². The van der Waals surface area contributed by atoms with Crippen LogP contribution in [0.3, 0.4) is 0 Å². The molecule has 6 rings (SSSR count). The van der Waals surface area contributed by atoms with E-state index in [1.807, 2.05) is 65.3 Å². The Morgan fingerprint density at radius 1 is 0.839 bits per heavy atom. The molecule has 0 saturated heterocycles. The van der Waals surface area contributed by atoms with Gasteiger partial charge in [-0.2, -0.15) is 5.10 Å². The van der Waals surface area contributed by atoms with Gasteiger partial charge in [-0.1, -0.05) is 66.7 Å². The molecule has 5 nitrogen and oxygen atoms in total. The lowest BCUT2D eigenvalue weighted by Crippen LogP contribution is -2.33. The molecular formula is C26H22N4O. The summed E-state index contributed by atoms with van der Waals surface area (Å²) in [7, 11) is 0. The first-order valence-corrected chi connectivity index (χ1v) is 10.7. The summed E-state index contributed by atoms with van der Waals surface area (Å²) in [6.45, 7) is 0. The minimum atomic E-state index is -0.240. The maximum absolute atomic E-state index is 13.1. The summed E-state index contributed by atoms with van der Waals surface area (Å²) in [4.78, 5) is 13.1. The zero-order valence-electron chi connectivity index (χ0n) is 17.0. The van der Waals surface area contributed by atoms with Crippen molar-refractivity contribution in [2.24, 2.45) is 0 Å². The van der Waals surface area contributed by atoms with Crippen molar-refractivity contribution < 1.29 is 4.79 Å². The number of anilines is 1. The third-order valence-electron chi connectivity index (χ3n) is 6.08. The maximum atomic E-state index is 13.1. The molecule has 0 unspecified atom stereocenters. The zero-order chi connectivity index (χ0) is 20.8. The minimum Gasteiger partial charge on any atom is -0.327 e. The van der Waals surface area contributed by atoms with E-state index in [4.69, 9.17) is 5.10 Å². The Labute approximate surface area is 180 Å². The highest BCUT2D eigenvalue weighted by Crippen LogP contribution is 2.43. The fourth-order valence-corrected chi connectivity index (χ4v) is 4.43. The fraction of sp³-hybridized carbons (Fsp3) is 0.154. The van der Waals surface area contributed by atoms with Crippen molar-refractivity contribution in [3.8, 4) is 16.8 Å². The number of carbonyl (C=O) groups is 1. The lowest BCUT2D eigenvalue weighted by molar-refractivity contribution is 0.250. The van der Waals surface area contributed by atoms with Gasteiger partial charge in [0.15, 0.2) is 0 Å². The number of hydrogen-bond donors (Lipinski definition) is 2. The lowest BCUT2D eigenvalue weighted by atomic mass is 10.1. The molecule has 1 saturated carbocycles. The average molecular weight is 406 g/mol. The van der Waals surface area contributed by atoms with Crippen LogP contribution in [0.5, 0.6) is 0 Å². The molecule has 2 N–H and O–H groups in total. The van der Waals surface area contributed by atoms with Crippen molar-refractivity contribution in [2.45, 2.75) is 24.8 Å². The third kappa shape index (κ3) is 3.19. The zero-order valence-corrected chi connectivity index (χ0v) is 17.0. The molecule has 2 amide bonds. The van der Waals surface area contributed by atoms with E-state index in [0.717, 1.165) is 35.3 Å². The van der Waals surface area contributed by atoms with Crippen LogP contribution in [0.2, 0.25) is 0 Å². The van der Waals surface area contributed by atoms with Crippen molar-refractivity contribution >= 4 is 11.8 Å². The predicted octanol–water partition coefficient (Wildman–Crippen LogP) is 5.64. The van der Waals surface area contributed by atoms with Crippen molar-refractivity contribution in [2.75, 3.05) is 5.32 Å². The predicted molar refractivity (Wildman–Crippen MR) is 121 cm³/mol. The van der Waals surface area contributed by atoms with Gasteiger partial charge in [0, 0.05) is 12.0 Å². The molecule has 2 aliphatic carbocycles. The molecule has 0 radical (unpaired) electrons. The number of fused-ring (bicyclic) bond motifs is 3. The van der Waals surface area contributed by atoms with Gasteiger partial charge in [0.1, 0.15) is 5.82 Å². The lowest BCUT2D eigenvalue weighted by Gasteiger charge is -2.17. The number of urea groups is 1. The van der Waals surface area contributed by atoms with Gasteiger partial charge in [0.05, 0.1) is 17.4 Å². The standard InChI is InChI=1S/C26H22N4O/c31-26(28-25-21-12-6-4-10-19(21)20-11-5-7-13-22(20)25)27-24-16-23(17-14-15-17)29-30(24)18-8-2-1-3-9-18/h1-13,16-17,25H,14-15H2,(H2,27,28,31). The number of carbonyl (C=O) groups excluding carboxylic acids is 1. The Kier molecular flexibility index (Phi) is 4.13. The first-order chi connectivity index (χ1) is 15.3. The molecule has 0 atom stereocenters. The van der Waals surface area contributed by atoms with E-state index < -0.39 is 0 Å². The van der Waals surface area contributed by atoms with Gasteiger partial charge in [-0.15, -0.1) is 0 Å². The molecular weight excluding hydrogens is 384 g/mol. The number of hydrogen-bond acceptors (Lipinski definition) is 2. The fourth-order valence-electron chi connectivity index (χ4n) is 4.43. The summed E-state index contributed by atoms with van der Waals surface area (Å²) < 4.78 is 1.82. The van der Waals surface area contributed by atoms with Crippen molar-refractivity contribution in [3.63, 3.8) is 0 Å². The van der Waals surface area contributed by atoms with Crippen LogP contribution in [0.1, 0.15) is 41.6 Å². The molecule has 0 spiro atoms. The van der Waals surface area contributed by atoms with Crippen LogP contribution in [-0.4, -0.2) is 15.8 Å². The van der Waals surface area contributed by atoms with E-state index in [-0.39, 0.29) is 12.1 Å². The Balaban J connectivity index is 1.30. The molecule has 1 fully saturated rings. The quantitative estimate of drug-likeness (QED) is 0.461. The molecule has 152 valence electrons. The van der Waals surface area contributed by atoms with Crippen LogP contribution in [0.4, 0.5) is 10.6 Å². The highest BCUT2D eigenvalue weighted by atomic mass is 16.2. The second kappa shape index (κ2) is 7.13. The number of para-hydroxylation sites is 1. The molecule has 1 heterocycles. The largest absolute Gasteiger partial charge is 0.327 e. The van der Waals surface area contributed by atoms with Crippen molar-refractivity contribution in [1.82, 2.24) is 15.1 Å². The number of amides is 2. The summed E-state index contributed by atoms with van der Waals surface area (Å²) in [5.41, 5.74) is 6.56. The first kappa shape index (κ1) is 18.0. The Hall–Kier alpha value is -3.86. The van der Waals surface area contributed by atoms with Gasteiger partial charge in [-0.3, -0.25) is 5.32 Å². The summed E-state index contributed by atoms with van der Waals surface area (Å²) in [5.74, 6) is 1.19. The normalized spacial score (nSPS) is 14.7. The van der Waals surface area contributed by atoms with Crippen LogP contribution < -0.4 is 10.6 Å². The highest BCUT2D eigenvalue weighted by Gasteiger charge is 2.30. The van der Waals surface area contributed by atoms with Crippen molar-refractivity contribution in [1.29, 1.82) is 0 Å². The minimum absolute atomic E-state index is 0.177. The summed E-state index contributed by atoms with van der Waals surface area (Å²) in [6, 6.07) is 28.0. The van der Waals surface area contributed by atoms with E-state index in [1.54, 1.807) is 0 Å².